The predicted octanol–water partition coefficient (Wildman–Crippen LogP) is 3.19. The minimum Gasteiger partial charge on any atom is -0.497 e. The van der Waals surface area contributed by atoms with Crippen molar-refractivity contribution in [3.63, 3.8) is 0 Å². The molecule has 0 unspecified atom stereocenters. The van der Waals surface area contributed by atoms with Crippen molar-refractivity contribution in [3.8, 4) is 5.75 Å². The topological polar surface area (TPSA) is 84.9 Å². The van der Waals surface area contributed by atoms with Crippen molar-refractivity contribution in [1.29, 1.82) is 0 Å². The SMILES string of the molecule is COc1ccc(NC(=O)COC(=O)[C@@H]2CC(=O)N(c3cccc(Cl)c3C)C2)cc1. The second kappa shape index (κ2) is 8.96. The van der Waals surface area contributed by atoms with Gasteiger partial charge in [0.1, 0.15) is 5.75 Å². The average molecular weight is 417 g/mol. The van der Waals surface area contributed by atoms with E-state index in [9.17, 15) is 14.4 Å². The third-order valence-corrected chi connectivity index (χ3v) is 5.12. The van der Waals surface area contributed by atoms with Crippen LogP contribution in [0.15, 0.2) is 42.5 Å². The molecule has 1 atom stereocenters. The fourth-order valence-electron chi connectivity index (χ4n) is 3.11. The second-order valence-corrected chi connectivity index (χ2v) is 7.08. The standard InChI is InChI=1S/C21H21ClN2O5/c1-13-17(22)4-3-5-18(13)24-11-14(10-20(24)26)21(27)29-12-19(25)23-15-6-8-16(28-2)9-7-15/h3-9,14H,10-12H2,1-2H3,(H,23,25)/t14-/m1/s1. The number of benzene rings is 2. The van der Waals surface area contributed by atoms with Gasteiger partial charge in [-0.2, -0.15) is 0 Å². The molecule has 0 aliphatic carbocycles. The van der Waals surface area contributed by atoms with E-state index >= 15 is 0 Å². The minimum atomic E-state index is -0.630. The first-order valence-corrected chi connectivity index (χ1v) is 9.43. The number of nitrogens with one attached hydrogen (secondary N) is 1. The number of anilines is 2. The largest absolute Gasteiger partial charge is 0.497 e. The van der Waals surface area contributed by atoms with Gasteiger partial charge in [0.05, 0.1) is 13.0 Å². The van der Waals surface area contributed by atoms with Gasteiger partial charge in [0.25, 0.3) is 5.91 Å². The van der Waals surface area contributed by atoms with E-state index in [1.807, 2.05) is 6.92 Å². The lowest BCUT2D eigenvalue weighted by Gasteiger charge is -2.19. The lowest BCUT2D eigenvalue weighted by Crippen LogP contribution is -2.28. The summed E-state index contributed by atoms with van der Waals surface area (Å²) in [6.07, 6.45) is 0.0326. The Labute approximate surface area is 173 Å². The molecular weight excluding hydrogens is 396 g/mol. The summed E-state index contributed by atoms with van der Waals surface area (Å²) < 4.78 is 10.2. The molecule has 0 saturated carbocycles. The van der Waals surface area contributed by atoms with Gasteiger partial charge in [0, 0.05) is 29.4 Å². The van der Waals surface area contributed by atoms with E-state index in [0.717, 1.165) is 5.56 Å². The van der Waals surface area contributed by atoms with Gasteiger partial charge in [-0.25, -0.2) is 0 Å². The molecule has 1 heterocycles. The molecule has 29 heavy (non-hydrogen) atoms. The van der Waals surface area contributed by atoms with E-state index in [0.29, 0.717) is 22.1 Å². The summed E-state index contributed by atoms with van der Waals surface area (Å²) in [4.78, 5) is 38.2. The zero-order valence-corrected chi connectivity index (χ0v) is 16.9. The zero-order chi connectivity index (χ0) is 21.0. The maximum absolute atomic E-state index is 12.4. The molecular formula is C21H21ClN2O5. The number of ether oxygens (including phenoxy) is 2. The van der Waals surface area contributed by atoms with Gasteiger partial charge < -0.3 is 19.7 Å². The number of hydrogen-bond acceptors (Lipinski definition) is 5. The molecule has 1 fully saturated rings. The number of halogens is 1. The highest BCUT2D eigenvalue weighted by atomic mass is 35.5. The van der Waals surface area contributed by atoms with Crippen LogP contribution in [-0.2, 0) is 19.1 Å². The molecule has 0 spiro atoms. The first-order valence-electron chi connectivity index (χ1n) is 9.05. The van der Waals surface area contributed by atoms with Gasteiger partial charge in [-0.05, 0) is 48.9 Å². The number of rotatable bonds is 6. The number of nitrogens with zero attached hydrogens (tertiary/aromatic N) is 1. The fraction of sp³-hybridized carbons (Fsp3) is 0.286. The molecule has 2 aromatic rings. The Hall–Kier alpha value is -3.06. The Kier molecular flexibility index (Phi) is 6.39. The smallest absolute Gasteiger partial charge is 0.311 e. The fourth-order valence-corrected chi connectivity index (χ4v) is 3.28. The van der Waals surface area contributed by atoms with Crippen LogP contribution in [0.2, 0.25) is 5.02 Å². The number of hydrogen-bond donors (Lipinski definition) is 1. The molecule has 3 rings (SSSR count). The van der Waals surface area contributed by atoms with E-state index in [1.54, 1.807) is 49.6 Å². The molecule has 152 valence electrons. The molecule has 0 aromatic heterocycles. The Balaban J connectivity index is 1.53. The monoisotopic (exact) mass is 416 g/mol. The zero-order valence-electron chi connectivity index (χ0n) is 16.1. The number of esters is 1. The van der Waals surface area contributed by atoms with Crippen LogP contribution in [0.1, 0.15) is 12.0 Å². The maximum atomic E-state index is 12.4. The van der Waals surface area contributed by atoms with Crippen molar-refractivity contribution in [2.24, 2.45) is 5.92 Å². The van der Waals surface area contributed by atoms with Gasteiger partial charge in [0.2, 0.25) is 5.91 Å². The van der Waals surface area contributed by atoms with Gasteiger partial charge in [-0.1, -0.05) is 17.7 Å². The van der Waals surface area contributed by atoms with Crippen LogP contribution >= 0.6 is 11.6 Å². The third kappa shape index (κ3) is 4.86. The lowest BCUT2D eigenvalue weighted by atomic mass is 10.1. The predicted molar refractivity (Wildman–Crippen MR) is 109 cm³/mol. The van der Waals surface area contributed by atoms with Crippen LogP contribution < -0.4 is 15.0 Å². The van der Waals surface area contributed by atoms with E-state index in [1.165, 1.54) is 4.90 Å². The highest BCUT2D eigenvalue weighted by Gasteiger charge is 2.37. The molecule has 1 N–H and O–H groups in total. The quantitative estimate of drug-likeness (QED) is 0.731. The van der Waals surface area contributed by atoms with E-state index in [2.05, 4.69) is 5.32 Å². The second-order valence-electron chi connectivity index (χ2n) is 6.67. The van der Waals surface area contributed by atoms with Crippen molar-refractivity contribution in [2.75, 3.05) is 30.5 Å². The highest BCUT2D eigenvalue weighted by molar-refractivity contribution is 6.31. The molecule has 0 bridgehead atoms. The van der Waals surface area contributed by atoms with Gasteiger partial charge in [-0.15, -0.1) is 0 Å². The maximum Gasteiger partial charge on any atom is 0.311 e. The summed E-state index contributed by atoms with van der Waals surface area (Å²) in [5.41, 5.74) is 2.01. The summed E-state index contributed by atoms with van der Waals surface area (Å²) in [7, 11) is 1.55. The van der Waals surface area contributed by atoms with Gasteiger partial charge >= 0.3 is 5.97 Å². The number of carbonyl (C=O) groups excluding carboxylic acids is 3. The van der Waals surface area contributed by atoms with E-state index < -0.39 is 24.4 Å². The van der Waals surface area contributed by atoms with Gasteiger partial charge in [0.15, 0.2) is 6.61 Å². The number of amides is 2. The average Bonchev–Trinajstić information content (AvgIpc) is 3.10. The van der Waals surface area contributed by atoms with E-state index in [4.69, 9.17) is 21.1 Å². The number of carbonyl (C=O) groups is 3. The summed E-state index contributed by atoms with van der Waals surface area (Å²) in [5.74, 6) is -1.18. The third-order valence-electron chi connectivity index (χ3n) is 4.71. The minimum absolute atomic E-state index is 0.0326. The van der Waals surface area contributed by atoms with Crippen LogP contribution in [-0.4, -0.2) is 38.0 Å². The molecule has 0 radical (unpaired) electrons. The Bertz CT molecular complexity index is 929. The van der Waals surface area contributed by atoms with Crippen molar-refractivity contribution < 1.29 is 23.9 Å². The normalized spacial score (nSPS) is 15.9. The number of methoxy groups -OCH3 is 1. The lowest BCUT2D eigenvalue weighted by molar-refractivity contribution is -0.151. The van der Waals surface area contributed by atoms with Crippen LogP contribution in [0.4, 0.5) is 11.4 Å². The summed E-state index contributed by atoms with van der Waals surface area (Å²) in [5, 5.41) is 3.18. The summed E-state index contributed by atoms with van der Waals surface area (Å²) in [6.45, 7) is 1.59. The first-order chi connectivity index (χ1) is 13.9. The van der Waals surface area contributed by atoms with Crippen molar-refractivity contribution in [2.45, 2.75) is 13.3 Å². The first kappa shape index (κ1) is 20.7. The summed E-state index contributed by atoms with van der Waals surface area (Å²) in [6, 6.07) is 12.1. The molecule has 7 nitrogen and oxygen atoms in total. The molecule has 1 aliphatic rings. The van der Waals surface area contributed by atoms with E-state index in [-0.39, 0.29) is 18.9 Å². The molecule has 2 amide bonds. The molecule has 1 saturated heterocycles. The van der Waals surface area contributed by atoms with Crippen molar-refractivity contribution in [1.82, 2.24) is 0 Å². The Morgan fingerprint density at radius 2 is 1.93 bits per heavy atom. The van der Waals surface area contributed by atoms with Crippen LogP contribution in [0.5, 0.6) is 5.75 Å². The molecule has 1 aliphatic heterocycles. The van der Waals surface area contributed by atoms with Crippen molar-refractivity contribution in [3.05, 3.63) is 53.1 Å². The van der Waals surface area contributed by atoms with Gasteiger partial charge in [-0.3, -0.25) is 14.4 Å². The molecule has 8 heteroatoms. The van der Waals surface area contributed by atoms with Crippen LogP contribution in [0, 0.1) is 12.8 Å². The summed E-state index contributed by atoms with van der Waals surface area (Å²) >= 11 is 6.13. The Morgan fingerprint density at radius 3 is 2.62 bits per heavy atom. The van der Waals surface area contributed by atoms with Crippen LogP contribution in [0.25, 0.3) is 0 Å². The Morgan fingerprint density at radius 1 is 1.21 bits per heavy atom. The van der Waals surface area contributed by atoms with Crippen molar-refractivity contribution >= 4 is 40.8 Å². The molecule has 2 aromatic carbocycles. The highest BCUT2D eigenvalue weighted by Crippen LogP contribution is 2.31. The van der Waals surface area contributed by atoms with Crippen LogP contribution in [0.3, 0.4) is 0 Å².